The van der Waals surface area contributed by atoms with Crippen molar-refractivity contribution < 1.29 is 9.94 Å². The predicted octanol–water partition coefficient (Wildman–Crippen LogP) is 2.59. The largest absolute Gasteiger partial charge is 0.482 e. The molecule has 0 bridgehead atoms. The maximum Gasteiger partial charge on any atom is 0.180 e. The van der Waals surface area contributed by atoms with Gasteiger partial charge in [0, 0.05) is 23.2 Å². The van der Waals surface area contributed by atoms with Crippen LogP contribution in [0, 0.1) is 0 Å². The van der Waals surface area contributed by atoms with Crippen LogP contribution in [0.15, 0.2) is 41.8 Å². The maximum absolute atomic E-state index is 8.57. The van der Waals surface area contributed by atoms with E-state index in [-0.39, 0.29) is 30.6 Å². The SMILES string of the molecule is CC(Oc1cccc2cnccc12)/C(N)=N\O.Cl.Cl. The lowest BCUT2D eigenvalue weighted by atomic mass is 10.1. The van der Waals surface area contributed by atoms with E-state index in [1.54, 1.807) is 19.3 Å². The summed E-state index contributed by atoms with van der Waals surface area (Å²) in [6.45, 7) is 1.72. The number of hydrogen-bond acceptors (Lipinski definition) is 4. The molecule has 3 N–H and O–H groups in total. The Bertz CT molecular complexity index is 558. The van der Waals surface area contributed by atoms with E-state index in [1.165, 1.54) is 0 Å². The molecule has 5 nitrogen and oxygen atoms in total. The van der Waals surface area contributed by atoms with Gasteiger partial charge >= 0.3 is 0 Å². The van der Waals surface area contributed by atoms with Crippen LogP contribution >= 0.6 is 24.8 Å². The van der Waals surface area contributed by atoms with Crippen LogP contribution in [0.1, 0.15) is 6.92 Å². The molecule has 1 heterocycles. The summed E-state index contributed by atoms with van der Waals surface area (Å²) in [6.07, 6.45) is 2.97. The second-order valence-corrected chi connectivity index (χ2v) is 3.64. The summed E-state index contributed by atoms with van der Waals surface area (Å²) in [6, 6.07) is 7.52. The number of fused-ring (bicyclic) bond motifs is 1. The topological polar surface area (TPSA) is 80.7 Å². The van der Waals surface area contributed by atoms with Gasteiger partial charge in [0.05, 0.1) is 0 Å². The first kappa shape index (κ1) is 17.3. The summed E-state index contributed by atoms with van der Waals surface area (Å²) in [5.41, 5.74) is 5.47. The summed E-state index contributed by atoms with van der Waals surface area (Å²) in [4.78, 5) is 4.04. The molecule has 1 atom stereocenters. The lowest BCUT2D eigenvalue weighted by Gasteiger charge is -2.14. The summed E-state index contributed by atoms with van der Waals surface area (Å²) in [5.74, 6) is 0.722. The Morgan fingerprint density at radius 2 is 2.11 bits per heavy atom. The van der Waals surface area contributed by atoms with Crippen LogP contribution in [-0.2, 0) is 0 Å². The van der Waals surface area contributed by atoms with E-state index >= 15 is 0 Å². The minimum atomic E-state index is -0.487. The molecule has 0 spiro atoms. The normalized spacial score (nSPS) is 12.2. The Morgan fingerprint density at radius 3 is 2.79 bits per heavy atom. The first-order valence-electron chi connectivity index (χ1n) is 5.19. The van der Waals surface area contributed by atoms with E-state index in [9.17, 15) is 0 Å². The highest BCUT2D eigenvalue weighted by Crippen LogP contribution is 2.25. The van der Waals surface area contributed by atoms with Crippen molar-refractivity contribution in [2.24, 2.45) is 10.9 Å². The fourth-order valence-electron chi connectivity index (χ4n) is 1.53. The average Bonchev–Trinajstić information content (AvgIpc) is 2.38. The minimum Gasteiger partial charge on any atom is -0.482 e. The van der Waals surface area contributed by atoms with E-state index in [4.69, 9.17) is 15.7 Å². The summed E-state index contributed by atoms with van der Waals surface area (Å²) >= 11 is 0. The smallest absolute Gasteiger partial charge is 0.180 e. The molecule has 104 valence electrons. The molecule has 2 rings (SSSR count). The van der Waals surface area contributed by atoms with Crippen LogP contribution < -0.4 is 10.5 Å². The quantitative estimate of drug-likeness (QED) is 0.395. The molecule has 0 radical (unpaired) electrons. The van der Waals surface area contributed by atoms with Gasteiger partial charge in [-0.3, -0.25) is 4.98 Å². The van der Waals surface area contributed by atoms with Gasteiger partial charge in [-0.15, -0.1) is 24.8 Å². The number of nitrogens with two attached hydrogens (primary N) is 1. The third-order valence-electron chi connectivity index (χ3n) is 2.48. The summed E-state index contributed by atoms with van der Waals surface area (Å²) in [7, 11) is 0. The lowest BCUT2D eigenvalue weighted by Crippen LogP contribution is -2.31. The van der Waals surface area contributed by atoms with Gasteiger partial charge in [-0.05, 0) is 19.1 Å². The highest BCUT2D eigenvalue weighted by molar-refractivity contribution is 5.89. The minimum absolute atomic E-state index is 0. The molecule has 7 heteroatoms. The van der Waals surface area contributed by atoms with Crippen molar-refractivity contribution in [2.75, 3.05) is 0 Å². The van der Waals surface area contributed by atoms with Gasteiger partial charge in [-0.1, -0.05) is 17.3 Å². The molecular weight excluding hydrogens is 289 g/mol. The molecule has 1 unspecified atom stereocenters. The molecule has 0 aliphatic carbocycles. The van der Waals surface area contributed by atoms with E-state index in [0.29, 0.717) is 5.75 Å². The highest BCUT2D eigenvalue weighted by Gasteiger charge is 2.11. The number of rotatable bonds is 3. The fraction of sp³-hybridized carbons (Fsp3) is 0.167. The summed E-state index contributed by atoms with van der Waals surface area (Å²) in [5, 5.41) is 13.4. The zero-order valence-corrected chi connectivity index (χ0v) is 11.8. The van der Waals surface area contributed by atoms with Gasteiger partial charge in [0.1, 0.15) is 5.75 Å². The summed E-state index contributed by atoms with van der Waals surface area (Å²) < 4.78 is 5.64. The van der Waals surface area contributed by atoms with Gasteiger partial charge in [0.15, 0.2) is 11.9 Å². The van der Waals surface area contributed by atoms with E-state index in [2.05, 4.69) is 10.1 Å². The van der Waals surface area contributed by atoms with Crippen LogP contribution in [0.3, 0.4) is 0 Å². The lowest BCUT2D eigenvalue weighted by molar-refractivity contribution is 0.268. The van der Waals surface area contributed by atoms with Crippen molar-refractivity contribution in [3.8, 4) is 5.75 Å². The first-order valence-corrected chi connectivity index (χ1v) is 5.19. The molecule has 0 aliphatic rings. The number of ether oxygens (including phenoxy) is 1. The molecule has 2 aromatic rings. The Balaban J connectivity index is 0.00000162. The number of nitrogens with zero attached hydrogens (tertiary/aromatic N) is 2. The molecule has 0 aliphatic heterocycles. The zero-order valence-electron chi connectivity index (χ0n) is 10.2. The number of aromatic nitrogens is 1. The molecule has 19 heavy (non-hydrogen) atoms. The molecule has 1 aromatic heterocycles. The van der Waals surface area contributed by atoms with Crippen molar-refractivity contribution in [3.63, 3.8) is 0 Å². The number of oxime groups is 1. The number of pyridine rings is 1. The van der Waals surface area contributed by atoms with Crippen LogP contribution in [0.5, 0.6) is 5.75 Å². The molecule has 0 amide bonds. The highest BCUT2D eigenvalue weighted by atomic mass is 35.5. The van der Waals surface area contributed by atoms with E-state index in [1.807, 2.05) is 24.3 Å². The van der Waals surface area contributed by atoms with Gasteiger partial charge in [-0.2, -0.15) is 0 Å². The van der Waals surface area contributed by atoms with Gasteiger partial charge in [-0.25, -0.2) is 0 Å². The number of amidine groups is 1. The Kier molecular flexibility index (Phi) is 6.96. The van der Waals surface area contributed by atoms with Crippen LogP contribution in [0.4, 0.5) is 0 Å². The first-order chi connectivity index (χ1) is 8.22. The van der Waals surface area contributed by atoms with Crippen LogP contribution in [-0.4, -0.2) is 22.1 Å². The average molecular weight is 304 g/mol. The third-order valence-corrected chi connectivity index (χ3v) is 2.48. The molecule has 0 fully saturated rings. The van der Waals surface area contributed by atoms with Crippen LogP contribution in [0.2, 0.25) is 0 Å². The van der Waals surface area contributed by atoms with Crippen molar-refractivity contribution in [3.05, 3.63) is 36.7 Å². The van der Waals surface area contributed by atoms with Crippen molar-refractivity contribution in [2.45, 2.75) is 13.0 Å². The van der Waals surface area contributed by atoms with Gasteiger partial charge in [0.2, 0.25) is 0 Å². The molecular formula is C12H15Cl2N3O2. The number of halogens is 2. The monoisotopic (exact) mass is 303 g/mol. The number of hydrogen-bond donors (Lipinski definition) is 2. The maximum atomic E-state index is 8.57. The third kappa shape index (κ3) is 3.87. The second-order valence-electron chi connectivity index (χ2n) is 3.64. The van der Waals surface area contributed by atoms with Crippen molar-refractivity contribution in [1.82, 2.24) is 4.98 Å². The zero-order chi connectivity index (χ0) is 12.3. The van der Waals surface area contributed by atoms with Crippen molar-refractivity contribution in [1.29, 1.82) is 0 Å². The second kappa shape index (κ2) is 7.66. The molecule has 0 saturated heterocycles. The van der Waals surface area contributed by atoms with Crippen molar-refractivity contribution >= 4 is 41.4 Å². The fourth-order valence-corrected chi connectivity index (χ4v) is 1.53. The van der Waals surface area contributed by atoms with E-state index < -0.39 is 6.10 Å². The van der Waals surface area contributed by atoms with Crippen LogP contribution in [0.25, 0.3) is 10.8 Å². The van der Waals surface area contributed by atoms with Gasteiger partial charge < -0.3 is 15.7 Å². The molecule has 0 saturated carbocycles. The predicted molar refractivity (Wildman–Crippen MR) is 79.7 cm³/mol. The Morgan fingerprint density at radius 1 is 1.37 bits per heavy atom. The Labute approximate surface area is 123 Å². The Hall–Kier alpha value is -1.72. The van der Waals surface area contributed by atoms with E-state index in [0.717, 1.165) is 10.8 Å². The van der Waals surface area contributed by atoms with Gasteiger partial charge in [0.25, 0.3) is 0 Å². The molecule has 1 aromatic carbocycles. The number of benzene rings is 1. The standard InChI is InChI=1S/C12H13N3O2.2ClH/c1-8(12(13)15-16)17-11-4-2-3-9-7-14-6-5-10(9)11;;/h2-8,16H,1H3,(H2,13,15);2*1H.